The smallest absolute Gasteiger partial charge is 0.266 e. The fraction of sp³-hybridized carbons (Fsp3) is 0.400. The van der Waals surface area contributed by atoms with Crippen LogP contribution in [0.5, 0.6) is 11.5 Å². The summed E-state index contributed by atoms with van der Waals surface area (Å²) in [6, 6.07) is 5.88. The minimum absolute atomic E-state index is 0.0258. The number of benzene rings is 1. The maximum atomic E-state index is 12.9. The van der Waals surface area contributed by atoms with Gasteiger partial charge in [0.05, 0.1) is 12.0 Å². The Balaban J connectivity index is 1.80. The molecule has 0 N–H and O–H groups in total. The Morgan fingerprint density at radius 1 is 1.31 bits per heavy atom. The van der Waals surface area contributed by atoms with E-state index < -0.39 is 0 Å². The molecule has 0 unspecified atom stereocenters. The van der Waals surface area contributed by atoms with Crippen molar-refractivity contribution in [1.29, 1.82) is 0 Å². The molecule has 1 amide bonds. The van der Waals surface area contributed by atoms with Crippen molar-refractivity contribution in [3.05, 3.63) is 41.3 Å². The maximum Gasteiger partial charge on any atom is 0.266 e. The van der Waals surface area contributed by atoms with Gasteiger partial charge in [0.15, 0.2) is 11.5 Å². The number of amides is 1. The quantitative estimate of drug-likeness (QED) is 0.397. The number of thioether (sulfide) groups is 1. The predicted molar refractivity (Wildman–Crippen MR) is 111 cm³/mol. The van der Waals surface area contributed by atoms with Gasteiger partial charge in [-0.2, -0.15) is 0 Å². The zero-order valence-electron chi connectivity index (χ0n) is 14.9. The van der Waals surface area contributed by atoms with E-state index in [9.17, 15) is 4.79 Å². The summed E-state index contributed by atoms with van der Waals surface area (Å²) >= 11 is 6.87. The molecule has 1 aliphatic carbocycles. The third kappa shape index (κ3) is 4.13. The predicted octanol–water partition coefficient (Wildman–Crippen LogP) is 4.79. The van der Waals surface area contributed by atoms with Crippen molar-refractivity contribution in [2.45, 2.75) is 38.1 Å². The van der Waals surface area contributed by atoms with Gasteiger partial charge >= 0.3 is 0 Å². The first-order valence-corrected chi connectivity index (χ1v) is 10.1. The van der Waals surface area contributed by atoms with Crippen molar-refractivity contribution in [2.24, 2.45) is 0 Å². The molecule has 1 saturated carbocycles. The van der Waals surface area contributed by atoms with Gasteiger partial charge in [0, 0.05) is 6.04 Å². The van der Waals surface area contributed by atoms with Gasteiger partial charge in [-0.3, -0.25) is 9.69 Å². The number of hydrogen-bond donors (Lipinski definition) is 0. The second kappa shape index (κ2) is 8.73. The molecular weight excluding hydrogens is 366 g/mol. The Labute approximate surface area is 164 Å². The number of ether oxygens (including phenoxy) is 2. The number of carbonyl (C=O) groups is 1. The van der Waals surface area contributed by atoms with Crippen LogP contribution >= 0.6 is 24.0 Å². The second-order valence-electron chi connectivity index (χ2n) is 6.35. The number of carbonyl (C=O) groups excluding carboxylic acids is 1. The Kier molecular flexibility index (Phi) is 6.38. The first-order valence-electron chi connectivity index (χ1n) is 8.83. The second-order valence-corrected chi connectivity index (χ2v) is 8.03. The molecular formula is C20H23NO3S2. The van der Waals surface area contributed by atoms with Gasteiger partial charge in [-0.05, 0) is 36.6 Å². The van der Waals surface area contributed by atoms with Crippen LogP contribution in [-0.2, 0) is 4.79 Å². The van der Waals surface area contributed by atoms with Crippen LogP contribution in [-0.4, -0.2) is 34.9 Å². The van der Waals surface area contributed by atoms with E-state index in [-0.39, 0.29) is 11.9 Å². The molecule has 1 aromatic carbocycles. The molecule has 0 bridgehead atoms. The van der Waals surface area contributed by atoms with E-state index >= 15 is 0 Å². The first-order chi connectivity index (χ1) is 12.6. The zero-order valence-corrected chi connectivity index (χ0v) is 16.5. The molecule has 0 spiro atoms. The molecule has 138 valence electrons. The first kappa shape index (κ1) is 19.0. The summed E-state index contributed by atoms with van der Waals surface area (Å²) in [6.45, 7) is 4.06. The highest BCUT2D eigenvalue weighted by Gasteiger charge is 2.37. The molecule has 0 atom stereocenters. The molecule has 1 aromatic rings. The Morgan fingerprint density at radius 3 is 2.77 bits per heavy atom. The molecule has 26 heavy (non-hydrogen) atoms. The van der Waals surface area contributed by atoms with Gasteiger partial charge in [-0.15, -0.1) is 0 Å². The number of hydrogen-bond acceptors (Lipinski definition) is 5. The van der Waals surface area contributed by atoms with Crippen LogP contribution in [0.1, 0.15) is 37.7 Å². The lowest BCUT2D eigenvalue weighted by Crippen LogP contribution is -2.39. The topological polar surface area (TPSA) is 38.8 Å². The van der Waals surface area contributed by atoms with Crippen LogP contribution in [0.2, 0.25) is 0 Å². The number of rotatable bonds is 6. The van der Waals surface area contributed by atoms with Crippen LogP contribution in [0, 0.1) is 0 Å². The van der Waals surface area contributed by atoms with Crippen LogP contribution in [0.15, 0.2) is 35.8 Å². The van der Waals surface area contributed by atoms with Crippen LogP contribution in [0.3, 0.4) is 0 Å². The molecule has 0 radical (unpaired) electrons. The molecule has 1 heterocycles. The third-order valence-corrected chi connectivity index (χ3v) is 5.94. The Hall–Kier alpha value is -1.79. The fourth-order valence-electron chi connectivity index (χ4n) is 3.33. The maximum absolute atomic E-state index is 12.9. The number of methoxy groups -OCH3 is 1. The van der Waals surface area contributed by atoms with E-state index in [0.717, 1.165) is 18.4 Å². The van der Waals surface area contributed by atoms with Gasteiger partial charge in [-0.25, -0.2) is 0 Å². The highest BCUT2D eigenvalue weighted by atomic mass is 32.2. The summed E-state index contributed by atoms with van der Waals surface area (Å²) < 4.78 is 11.6. The van der Waals surface area contributed by atoms with E-state index in [1.807, 2.05) is 29.2 Å². The summed E-state index contributed by atoms with van der Waals surface area (Å²) in [6.07, 6.45) is 9.24. The lowest BCUT2D eigenvalue weighted by Gasteiger charge is -2.29. The monoisotopic (exact) mass is 389 g/mol. The Morgan fingerprint density at radius 2 is 2.08 bits per heavy atom. The zero-order chi connectivity index (χ0) is 18.5. The average Bonchev–Trinajstić information content (AvgIpc) is 2.94. The molecule has 0 aromatic heterocycles. The lowest BCUT2D eigenvalue weighted by atomic mass is 9.94. The summed E-state index contributed by atoms with van der Waals surface area (Å²) in [5.41, 5.74) is 0.886. The SMILES string of the molecule is C=CCOc1ccc(C=C2SC(=S)N(C3CCCCC3)C2=O)cc1OC. The lowest BCUT2D eigenvalue weighted by molar-refractivity contribution is -0.124. The van der Waals surface area contributed by atoms with Crippen molar-refractivity contribution >= 4 is 40.3 Å². The highest BCUT2D eigenvalue weighted by Crippen LogP contribution is 2.38. The van der Waals surface area contributed by atoms with Gasteiger partial charge < -0.3 is 9.47 Å². The van der Waals surface area contributed by atoms with Crippen molar-refractivity contribution in [3.63, 3.8) is 0 Å². The van der Waals surface area contributed by atoms with Gasteiger partial charge in [0.2, 0.25) is 0 Å². The van der Waals surface area contributed by atoms with Crippen molar-refractivity contribution < 1.29 is 14.3 Å². The molecule has 1 saturated heterocycles. The largest absolute Gasteiger partial charge is 0.493 e. The summed E-state index contributed by atoms with van der Waals surface area (Å²) in [4.78, 5) is 15.4. The number of thiocarbonyl (C=S) groups is 1. The molecule has 1 aliphatic heterocycles. The van der Waals surface area contributed by atoms with Gasteiger partial charge in [0.1, 0.15) is 10.9 Å². The molecule has 2 fully saturated rings. The van der Waals surface area contributed by atoms with E-state index in [1.165, 1.54) is 31.0 Å². The highest BCUT2D eigenvalue weighted by molar-refractivity contribution is 8.26. The number of nitrogens with zero attached hydrogens (tertiary/aromatic N) is 1. The Bertz CT molecular complexity index is 739. The minimum atomic E-state index is 0.0258. The molecule has 4 nitrogen and oxygen atoms in total. The normalized spacial score (nSPS) is 19.9. The average molecular weight is 390 g/mol. The molecule has 6 heteroatoms. The van der Waals surface area contributed by atoms with Crippen molar-refractivity contribution in [3.8, 4) is 11.5 Å². The van der Waals surface area contributed by atoms with Crippen LogP contribution in [0.4, 0.5) is 0 Å². The van der Waals surface area contributed by atoms with E-state index in [0.29, 0.717) is 27.3 Å². The standard InChI is InChI=1S/C20H23NO3S2/c1-3-11-24-16-10-9-14(12-17(16)23-2)13-18-19(22)21(20(25)26-18)15-7-5-4-6-8-15/h3,9-10,12-13,15H,1,4-8,11H2,2H3. The van der Waals surface area contributed by atoms with E-state index in [1.54, 1.807) is 13.2 Å². The summed E-state index contributed by atoms with van der Waals surface area (Å²) in [7, 11) is 1.60. The van der Waals surface area contributed by atoms with E-state index in [2.05, 4.69) is 6.58 Å². The van der Waals surface area contributed by atoms with Crippen LogP contribution < -0.4 is 9.47 Å². The van der Waals surface area contributed by atoms with E-state index in [4.69, 9.17) is 21.7 Å². The summed E-state index contributed by atoms with van der Waals surface area (Å²) in [5.74, 6) is 1.31. The van der Waals surface area contributed by atoms with Crippen LogP contribution in [0.25, 0.3) is 6.08 Å². The molecule has 3 rings (SSSR count). The third-order valence-electron chi connectivity index (χ3n) is 4.61. The van der Waals surface area contributed by atoms with Crippen molar-refractivity contribution in [1.82, 2.24) is 4.90 Å². The van der Waals surface area contributed by atoms with Gasteiger partial charge in [-0.1, -0.05) is 62.0 Å². The van der Waals surface area contributed by atoms with Gasteiger partial charge in [0.25, 0.3) is 5.91 Å². The molecule has 2 aliphatic rings. The minimum Gasteiger partial charge on any atom is -0.493 e. The van der Waals surface area contributed by atoms with Crippen molar-refractivity contribution in [2.75, 3.05) is 13.7 Å². The fourth-order valence-corrected chi connectivity index (χ4v) is 4.73. The summed E-state index contributed by atoms with van der Waals surface area (Å²) in [5, 5.41) is 0.